The van der Waals surface area contributed by atoms with Crippen molar-refractivity contribution in [1.82, 2.24) is 25.3 Å². The number of nitrogens with one attached hydrogen (secondary N) is 2. The van der Waals surface area contributed by atoms with Gasteiger partial charge in [-0.05, 0) is 31.1 Å². The molecule has 8 unspecified atom stereocenters. The molecule has 2 aliphatic heterocycles. The standard InChI is InChI=1S/C31H51N5O7/c1-10-13-22-29(40)36-17-15-20(6)25(36)28(39)33-24(18(4)11-2)30(41)35(9)26(19(5)12-3)31(42)34(8)21(7)27(38)32-16-14-23(37)43-22/h10,18-22,24-26H,1,11-17H2,2-9H3,(H,32,38)(H,33,39). The molecule has 43 heavy (non-hydrogen) atoms. The Labute approximate surface area is 255 Å². The van der Waals surface area contributed by atoms with Crippen molar-refractivity contribution in [2.45, 2.75) is 104 Å². The fourth-order valence-electron chi connectivity index (χ4n) is 5.65. The summed E-state index contributed by atoms with van der Waals surface area (Å²) in [6.45, 7) is 14.9. The molecule has 0 saturated carbocycles. The Morgan fingerprint density at radius 2 is 1.56 bits per heavy atom. The summed E-state index contributed by atoms with van der Waals surface area (Å²) in [6, 6.07) is -3.61. The Hall–Kier alpha value is -3.44. The summed E-state index contributed by atoms with van der Waals surface area (Å²) >= 11 is 0. The fraction of sp³-hybridized carbons (Fsp3) is 0.742. The Morgan fingerprint density at radius 1 is 0.930 bits per heavy atom. The van der Waals surface area contributed by atoms with Crippen molar-refractivity contribution in [2.75, 3.05) is 27.2 Å². The molecule has 12 heteroatoms. The minimum absolute atomic E-state index is 0.0515. The lowest BCUT2D eigenvalue weighted by Gasteiger charge is -2.39. The maximum absolute atomic E-state index is 14.1. The van der Waals surface area contributed by atoms with Crippen molar-refractivity contribution in [3.05, 3.63) is 12.7 Å². The van der Waals surface area contributed by atoms with Gasteiger partial charge in [-0.25, -0.2) is 0 Å². The number of esters is 1. The van der Waals surface area contributed by atoms with Crippen LogP contribution in [0.5, 0.6) is 0 Å². The van der Waals surface area contributed by atoms with Crippen LogP contribution in [0.2, 0.25) is 0 Å². The van der Waals surface area contributed by atoms with Crippen LogP contribution in [0.4, 0.5) is 0 Å². The molecule has 8 atom stereocenters. The van der Waals surface area contributed by atoms with Crippen LogP contribution < -0.4 is 10.6 Å². The van der Waals surface area contributed by atoms with E-state index < -0.39 is 65.8 Å². The van der Waals surface area contributed by atoms with Gasteiger partial charge in [-0.15, -0.1) is 6.58 Å². The minimum atomic E-state index is -1.18. The zero-order chi connectivity index (χ0) is 32.6. The number of likely N-dealkylation sites (N-methyl/N-ethyl adjacent to an activating group) is 2. The number of carbonyl (C=O) groups excluding carboxylic acids is 6. The summed E-state index contributed by atoms with van der Waals surface area (Å²) in [7, 11) is 3.06. The maximum Gasteiger partial charge on any atom is 0.308 e. The summed E-state index contributed by atoms with van der Waals surface area (Å²) in [5.41, 5.74) is 0. The van der Waals surface area contributed by atoms with Gasteiger partial charge in [0.2, 0.25) is 23.6 Å². The quantitative estimate of drug-likeness (QED) is 0.345. The number of cyclic esters (lactones) is 1. The predicted octanol–water partition coefficient (Wildman–Crippen LogP) is 1.48. The first-order valence-corrected chi connectivity index (χ1v) is 15.4. The second kappa shape index (κ2) is 15.9. The van der Waals surface area contributed by atoms with E-state index in [1.54, 1.807) is 14.0 Å². The molecule has 0 aromatic carbocycles. The van der Waals surface area contributed by atoms with E-state index in [-0.39, 0.29) is 43.7 Å². The summed E-state index contributed by atoms with van der Waals surface area (Å²) in [5, 5.41) is 5.58. The lowest BCUT2D eigenvalue weighted by atomic mass is 9.92. The van der Waals surface area contributed by atoms with Gasteiger partial charge in [0.25, 0.3) is 5.91 Å². The third-order valence-corrected chi connectivity index (χ3v) is 9.10. The van der Waals surface area contributed by atoms with Gasteiger partial charge >= 0.3 is 5.97 Å². The number of hydrogen-bond acceptors (Lipinski definition) is 7. The Balaban J connectivity index is 2.59. The van der Waals surface area contributed by atoms with E-state index in [4.69, 9.17) is 4.74 Å². The predicted molar refractivity (Wildman–Crippen MR) is 161 cm³/mol. The van der Waals surface area contributed by atoms with Crippen molar-refractivity contribution in [1.29, 1.82) is 0 Å². The molecular weight excluding hydrogens is 554 g/mol. The Kier molecular flexibility index (Phi) is 13.2. The Morgan fingerprint density at radius 3 is 2.14 bits per heavy atom. The second-order valence-electron chi connectivity index (χ2n) is 12.1. The molecule has 0 radical (unpaired) electrons. The van der Waals surface area contributed by atoms with Crippen molar-refractivity contribution in [3.8, 4) is 0 Å². The van der Waals surface area contributed by atoms with Gasteiger partial charge in [-0.1, -0.05) is 53.5 Å². The molecule has 0 bridgehead atoms. The van der Waals surface area contributed by atoms with Crippen molar-refractivity contribution in [2.24, 2.45) is 17.8 Å². The number of hydrogen-bond donors (Lipinski definition) is 2. The Bertz CT molecular complexity index is 1070. The zero-order valence-corrected chi connectivity index (χ0v) is 27.1. The molecule has 2 heterocycles. The highest BCUT2D eigenvalue weighted by Crippen LogP contribution is 2.27. The highest BCUT2D eigenvalue weighted by molar-refractivity contribution is 5.96. The smallest absolute Gasteiger partial charge is 0.308 e. The molecule has 2 rings (SSSR count). The van der Waals surface area contributed by atoms with Crippen molar-refractivity contribution in [3.63, 3.8) is 0 Å². The van der Waals surface area contributed by atoms with E-state index in [0.29, 0.717) is 19.3 Å². The fourth-order valence-corrected chi connectivity index (χ4v) is 5.65. The molecule has 5 amide bonds. The molecule has 2 aliphatic rings. The average Bonchev–Trinajstić information content (AvgIpc) is 3.37. The molecule has 2 N–H and O–H groups in total. The van der Waals surface area contributed by atoms with E-state index >= 15 is 0 Å². The number of fused-ring (bicyclic) bond motifs is 1. The highest BCUT2D eigenvalue weighted by Gasteiger charge is 2.45. The van der Waals surface area contributed by atoms with Crippen LogP contribution in [0.25, 0.3) is 0 Å². The summed E-state index contributed by atoms with van der Waals surface area (Å²) < 4.78 is 5.50. The van der Waals surface area contributed by atoms with E-state index in [1.807, 2.05) is 34.6 Å². The van der Waals surface area contributed by atoms with Crippen LogP contribution >= 0.6 is 0 Å². The third kappa shape index (κ3) is 8.35. The number of nitrogens with zero attached hydrogens (tertiary/aromatic N) is 3. The SMILES string of the molecule is C=CCC1OC(=O)CCNC(=O)C(C)N(C)C(=O)C(C(C)CC)N(C)C(=O)C(C(C)CC)NC(=O)C2C(C)CCN2C1=O. The van der Waals surface area contributed by atoms with Gasteiger partial charge in [0.1, 0.15) is 24.2 Å². The van der Waals surface area contributed by atoms with Crippen LogP contribution in [0.15, 0.2) is 12.7 Å². The van der Waals surface area contributed by atoms with Gasteiger partial charge in [0.15, 0.2) is 6.10 Å². The average molecular weight is 606 g/mol. The van der Waals surface area contributed by atoms with E-state index in [1.165, 1.54) is 27.8 Å². The molecule has 0 aromatic heterocycles. The lowest BCUT2D eigenvalue weighted by molar-refractivity contribution is -0.161. The number of amides is 5. The molecule has 2 fully saturated rings. The minimum Gasteiger partial charge on any atom is -0.452 e. The van der Waals surface area contributed by atoms with Crippen molar-refractivity contribution >= 4 is 35.5 Å². The van der Waals surface area contributed by atoms with E-state index in [9.17, 15) is 28.8 Å². The van der Waals surface area contributed by atoms with Crippen LogP contribution in [0.3, 0.4) is 0 Å². The first kappa shape index (κ1) is 35.8. The van der Waals surface area contributed by atoms with Crippen molar-refractivity contribution < 1.29 is 33.5 Å². The molecule has 12 nitrogen and oxygen atoms in total. The van der Waals surface area contributed by atoms with E-state index in [2.05, 4.69) is 17.2 Å². The summed E-state index contributed by atoms with van der Waals surface area (Å²) in [5.74, 6) is -3.72. The van der Waals surface area contributed by atoms with Gasteiger partial charge in [-0.2, -0.15) is 0 Å². The molecule has 2 saturated heterocycles. The molecular formula is C31H51N5O7. The largest absolute Gasteiger partial charge is 0.452 e. The third-order valence-electron chi connectivity index (χ3n) is 9.10. The summed E-state index contributed by atoms with van der Waals surface area (Å²) in [6.07, 6.45) is 1.87. The number of rotatable bonds is 6. The zero-order valence-electron chi connectivity index (χ0n) is 27.1. The van der Waals surface area contributed by atoms with Crippen LogP contribution in [0.1, 0.15) is 73.6 Å². The maximum atomic E-state index is 14.1. The van der Waals surface area contributed by atoms with Gasteiger partial charge in [0.05, 0.1) is 6.42 Å². The monoisotopic (exact) mass is 605 g/mol. The molecule has 0 spiro atoms. The summed E-state index contributed by atoms with van der Waals surface area (Å²) in [4.78, 5) is 85.1. The molecule has 0 aliphatic carbocycles. The number of carbonyl (C=O) groups is 6. The van der Waals surface area contributed by atoms with Crippen LogP contribution in [-0.2, 0) is 33.5 Å². The van der Waals surface area contributed by atoms with Crippen LogP contribution in [0, 0.1) is 17.8 Å². The van der Waals surface area contributed by atoms with Gasteiger partial charge in [-0.3, -0.25) is 28.8 Å². The molecule has 242 valence electrons. The molecule has 0 aromatic rings. The topological polar surface area (TPSA) is 145 Å². The van der Waals surface area contributed by atoms with Gasteiger partial charge in [0, 0.05) is 33.6 Å². The first-order valence-electron chi connectivity index (χ1n) is 15.4. The highest BCUT2D eigenvalue weighted by atomic mass is 16.5. The van der Waals surface area contributed by atoms with Gasteiger partial charge < -0.3 is 30.1 Å². The lowest BCUT2D eigenvalue weighted by Crippen LogP contribution is -2.61. The first-order chi connectivity index (χ1) is 20.2. The number of ether oxygens (including phenoxy) is 1. The normalized spacial score (nSPS) is 30.4. The van der Waals surface area contributed by atoms with Crippen LogP contribution in [-0.4, -0.2) is 108 Å². The van der Waals surface area contributed by atoms with E-state index in [0.717, 1.165) is 0 Å². The second-order valence-corrected chi connectivity index (χ2v) is 12.1.